The van der Waals surface area contributed by atoms with Crippen molar-refractivity contribution < 1.29 is 14.3 Å². The number of hydrogen-bond acceptors (Lipinski definition) is 3. The molecule has 1 saturated heterocycles. The minimum atomic E-state index is -0.552. The van der Waals surface area contributed by atoms with Crippen molar-refractivity contribution in [2.24, 2.45) is 5.92 Å². The van der Waals surface area contributed by atoms with Crippen LogP contribution in [0.15, 0.2) is 42.5 Å². The Morgan fingerprint density at radius 3 is 2.83 bits per heavy atom. The number of ether oxygens (including phenoxy) is 1. The fourth-order valence-corrected chi connectivity index (χ4v) is 2.65. The number of allylic oxidation sites excluding steroid dienone is 2. The highest BCUT2D eigenvalue weighted by Gasteiger charge is 2.29. The number of hydrogen-bond donors (Lipinski definition) is 0. The zero-order valence-corrected chi connectivity index (χ0v) is 13.9. The molecule has 0 radical (unpaired) electrons. The van der Waals surface area contributed by atoms with Crippen LogP contribution in [0.1, 0.15) is 31.2 Å². The number of halogens is 1. The lowest BCUT2D eigenvalue weighted by Crippen LogP contribution is -2.42. The second kappa shape index (κ2) is 9.36. The van der Waals surface area contributed by atoms with E-state index < -0.39 is 6.09 Å². The summed E-state index contributed by atoms with van der Waals surface area (Å²) in [5.41, 5.74) is 0.908. The van der Waals surface area contributed by atoms with Crippen LogP contribution in [-0.4, -0.2) is 29.3 Å². The Morgan fingerprint density at radius 2 is 2.13 bits per heavy atom. The second-order valence-electron chi connectivity index (χ2n) is 5.60. The number of unbranched alkanes of at least 4 members (excludes halogenated alkanes) is 1. The summed E-state index contributed by atoms with van der Waals surface area (Å²) in [4.78, 5) is 25.4. The molecule has 0 aliphatic carbocycles. The molecule has 1 atom stereocenters. The number of benzene rings is 1. The van der Waals surface area contributed by atoms with Gasteiger partial charge in [-0.05, 0) is 30.7 Å². The maximum Gasteiger partial charge on any atom is 0.416 e. The van der Waals surface area contributed by atoms with E-state index in [4.69, 9.17) is 16.3 Å². The monoisotopic (exact) mass is 335 g/mol. The number of piperidine rings is 1. The molecule has 1 unspecified atom stereocenters. The molecule has 1 aliphatic heterocycles. The lowest BCUT2D eigenvalue weighted by molar-refractivity contribution is -0.132. The van der Waals surface area contributed by atoms with E-state index in [1.165, 1.54) is 4.90 Å². The number of alkyl halides is 1. The highest BCUT2D eigenvalue weighted by Crippen LogP contribution is 2.21. The van der Waals surface area contributed by atoms with E-state index in [-0.39, 0.29) is 18.4 Å². The maximum absolute atomic E-state index is 12.1. The quantitative estimate of drug-likeness (QED) is 0.446. The highest BCUT2D eigenvalue weighted by molar-refractivity contribution is 6.17. The average molecular weight is 336 g/mol. The van der Waals surface area contributed by atoms with Gasteiger partial charge in [0.2, 0.25) is 5.91 Å². The molecule has 23 heavy (non-hydrogen) atoms. The van der Waals surface area contributed by atoms with Crippen molar-refractivity contribution in [1.29, 1.82) is 0 Å². The van der Waals surface area contributed by atoms with Gasteiger partial charge < -0.3 is 4.74 Å². The lowest BCUT2D eigenvalue weighted by Gasteiger charge is -2.28. The molecule has 0 bridgehead atoms. The molecular formula is C18H22ClNO3. The van der Waals surface area contributed by atoms with E-state index in [1.807, 2.05) is 30.3 Å². The zero-order valence-electron chi connectivity index (χ0n) is 13.1. The van der Waals surface area contributed by atoms with Crippen molar-refractivity contribution in [3.63, 3.8) is 0 Å². The first-order valence-corrected chi connectivity index (χ1v) is 8.48. The minimum Gasteiger partial charge on any atom is -0.444 e. The van der Waals surface area contributed by atoms with Crippen LogP contribution in [0.3, 0.4) is 0 Å². The van der Waals surface area contributed by atoms with E-state index in [0.29, 0.717) is 18.8 Å². The Bertz CT molecular complexity index is 544. The molecule has 5 heteroatoms. The summed E-state index contributed by atoms with van der Waals surface area (Å²) in [7, 11) is 0. The Labute approximate surface area is 142 Å². The number of imide groups is 1. The minimum absolute atomic E-state index is 0.165. The zero-order chi connectivity index (χ0) is 16.5. The van der Waals surface area contributed by atoms with Gasteiger partial charge in [-0.15, -0.1) is 11.6 Å². The summed E-state index contributed by atoms with van der Waals surface area (Å²) in [5.74, 6) is 0.687. The molecule has 0 N–H and O–H groups in total. The van der Waals surface area contributed by atoms with Gasteiger partial charge in [-0.3, -0.25) is 4.79 Å². The first kappa shape index (κ1) is 17.5. The molecule has 1 heterocycles. The highest BCUT2D eigenvalue weighted by atomic mass is 35.5. The summed E-state index contributed by atoms with van der Waals surface area (Å²) in [6, 6.07) is 9.44. The van der Waals surface area contributed by atoms with Crippen molar-refractivity contribution in [3.8, 4) is 0 Å². The van der Waals surface area contributed by atoms with Crippen LogP contribution in [0.2, 0.25) is 0 Å². The molecule has 1 fully saturated rings. The van der Waals surface area contributed by atoms with Crippen molar-refractivity contribution in [1.82, 2.24) is 4.90 Å². The lowest BCUT2D eigenvalue weighted by atomic mass is 9.95. The summed E-state index contributed by atoms with van der Waals surface area (Å²) >= 11 is 5.63. The third kappa shape index (κ3) is 5.71. The van der Waals surface area contributed by atoms with Gasteiger partial charge in [0.15, 0.2) is 0 Å². The Kier molecular flexibility index (Phi) is 7.14. The molecule has 2 amide bonds. The predicted molar refractivity (Wildman–Crippen MR) is 90.2 cm³/mol. The van der Waals surface area contributed by atoms with Gasteiger partial charge >= 0.3 is 6.09 Å². The Balaban J connectivity index is 1.77. The van der Waals surface area contributed by atoms with Gasteiger partial charge in [-0.25, -0.2) is 9.69 Å². The van der Waals surface area contributed by atoms with Gasteiger partial charge in [0.25, 0.3) is 0 Å². The van der Waals surface area contributed by atoms with Crippen LogP contribution in [-0.2, 0) is 16.1 Å². The van der Waals surface area contributed by atoms with Crippen molar-refractivity contribution in [3.05, 3.63) is 48.0 Å². The maximum atomic E-state index is 12.1. The summed E-state index contributed by atoms with van der Waals surface area (Å²) in [6.07, 6.45) is 6.60. The fourth-order valence-electron chi connectivity index (χ4n) is 2.49. The molecule has 124 valence electrons. The molecule has 1 aliphatic rings. The first-order valence-electron chi connectivity index (χ1n) is 7.94. The number of carbonyl (C=O) groups excluding carboxylic acids is 2. The average Bonchev–Trinajstić information content (AvgIpc) is 2.58. The second-order valence-corrected chi connectivity index (χ2v) is 5.98. The standard InChI is InChI=1S/C18H22ClNO3/c19-11-6-2-5-7-15-10-12-20(17(21)13-15)18(22)23-14-16-8-3-1-4-9-16/h1,3-5,7-9,15H,2,6,10-14H2/b7-5+. The third-order valence-corrected chi connectivity index (χ3v) is 4.07. The van der Waals surface area contributed by atoms with E-state index >= 15 is 0 Å². The summed E-state index contributed by atoms with van der Waals surface area (Å²) in [5, 5.41) is 0. The van der Waals surface area contributed by atoms with E-state index in [0.717, 1.165) is 24.8 Å². The molecule has 0 saturated carbocycles. The van der Waals surface area contributed by atoms with Crippen molar-refractivity contribution in [2.75, 3.05) is 12.4 Å². The number of likely N-dealkylation sites (tertiary alicyclic amines) is 1. The normalized spacial score (nSPS) is 18.4. The number of amides is 2. The molecule has 0 spiro atoms. The van der Waals surface area contributed by atoms with Crippen LogP contribution < -0.4 is 0 Å². The fraction of sp³-hybridized carbons (Fsp3) is 0.444. The van der Waals surface area contributed by atoms with Crippen LogP contribution in [0, 0.1) is 5.92 Å². The van der Waals surface area contributed by atoms with Gasteiger partial charge in [0.05, 0.1) is 0 Å². The van der Waals surface area contributed by atoms with E-state index in [2.05, 4.69) is 12.2 Å². The predicted octanol–water partition coefficient (Wildman–Crippen LogP) is 4.14. The van der Waals surface area contributed by atoms with Crippen LogP contribution in [0.5, 0.6) is 0 Å². The van der Waals surface area contributed by atoms with E-state index in [9.17, 15) is 9.59 Å². The molecule has 1 aromatic rings. The van der Waals surface area contributed by atoms with Crippen LogP contribution in [0.4, 0.5) is 4.79 Å². The smallest absolute Gasteiger partial charge is 0.416 e. The van der Waals surface area contributed by atoms with Crippen molar-refractivity contribution >= 4 is 23.6 Å². The number of rotatable bonds is 6. The van der Waals surface area contributed by atoms with Gasteiger partial charge in [-0.2, -0.15) is 0 Å². The third-order valence-electron chi connectivity index (χ3n) is 3.80. The summed E-state index contributed by atoms with van der Waals surface area (Å²) in [6.45, 7) is 0.599. The molecule has 4 nitrogen and oxygen atoms in total. The molecule has 0 aromatic heterocycles. The van der Waals surface area contributed by atoms with Crippen LogP contribution >= 0.6 is 11.6 Å². The molecular weight excluding hydrogens is 314 g/mol. The largest absolute Gasteiger partial charge is 0.444 e. The Morgan fingerprint density at radius 1 is 1.35 bits per heavy atom. The Hall–Kier alpha value is -1.81. The number of nitrogens with zero attached hydrogens (tertiary/aromatic N) is 1. The SMILES string of the molecule is O=C1CC(/C=C/CCCCl)CCN1C(=O)OCc1ccccc1. The first-order chi connectivity index (χ1) is 11.2. The number of carbonyl (C=O) groups is 2. The van der Waals surface area contributed by atoms with Gasteiger partial charge in [-0.1, -0.05) is 42.5 Å². The van der Waals surface area contributed by atoms with Crippen LogP contribution in [0.25, 0.3) is 0 Å². The topological polar surface area (TPSA) is 46.6 Å². The van der Waals surface area contributed by atoms with Gasteiger partial charge in [0, 0.05) is 18.8 Å². The summed E-state index contributed by atoms with van der Waals surface area (Å²) < 4.78 is 5.22. The van der Waals surface area contributed by atoms with Gasteiger partial charge in [0.1, 0.15) is 6.61 Å². The van der Waals surface area contributed by atoms with Crippen molar-refractivity contribution in [2.45, 2.75) is 32.3 Å². The van der Waals surface area contributed by atoms with E-state index in [1.54, 1.807) is 0 Å². The molecule has 2 rings (SSSR count). The molecule has 1 aromatic carbocycles.